The molecular weight excluding hydrogens is 340 g/mol. The molecule has 0 aliphatic rings. The van der Waals surface area contributed by atoms with E-state index in [1.807, 2.05) is 0 Å². The molecule has 0 aliphatic carbocycles. The monoisotopic (exact) mass is 356 g/mol. The third-order valence-electron chi connectivity index (χ3n) is 3.31. The molecule has 0 bridgehead atoms. The van der Waals surface area contributed by atoms with Crippen LogP contribution in [0.4, 0.5) is 5.69 Å². The van der Waals surface area contributed by atoms with Crippen LogP contribution in [0.2, 0.25) is 0 Å². The van der Waals surface area contributed by atoms with Crippen LogP contribution in [-0.2, 0) is 4.79 Å². The molecule has 0 fully saturated rings. The highest BCUT2D eigenvalue weighted by atomic mass is 32.2. The number of hydrogen-bond donors (Lipinski definition) is 2. The third-order valence-corrected chi connectivity index (χ3v) is 4.25. The molecule has 0 radical (unpaired) electrons. The number of nitrogens with one attached hydrogen (secondary N) is 1. The highest BCUT2D eigenvalue weighted by Crippen LogP contribution is 2.21. The Labute approximate surface area is 148 Å². The highest BCUT2D eigenvalue weighted by molar-refractivity contribution is 7.99. The molecule has 0 aliphatic heterocycles. The van der Waals surface area contributed by atoms with E-state index in [0.717, 1.165) is 11.3 Å². The number of nitrogens with two attached hydrogens (primary N) is 1. The van der Waals surface area contributed by atoms with Crippen molar-refractivity contribution in [3.63, 3.8) is 0 Å². The maximum Gasteiger partial charge on any atom is 0.234 e. The molecule has 0 spiro atoms. The molecule has 8 nitrogen and oxygen atoms in total. The van der Waals surface area contributed by atoms with E-state index in [1.165, 1.54) is 16.4 Å². The van der Waals surface area contributed by atoms with Crippen molar-refractivity contribution >= 4 is 23.4 Å². The maximum absolute atomic E-state index is 12.1. The van der Waals surface area contributed by atoms with Gasteiger partial charge in [-0.15, -0.1) is 10.2 Å². The Bertz CT molecular complexity index is 851. The van der Waals surface area contributed by atoms with Gasteiger partial charge in [0, 0.05) is 23.6 Å². The van der Waals surface area contributed by atoms with Gasteiger partial charge in [-0.25, -0.2) is 4.68 Å². The minimum Gasteiger partial charge on any atom is -0.497 e. The SMILES string of the molecule is COc1ccc(NC(=O)CSc2nnc(-c3ccncc3)n2N)cc1. The van der Waals surface area contributed by atoms with E-state index in [4.69, 9.17) is 10.6 Å². The van der Waals surface area contributed by atoms with Crippen molar-refractivity contribution in [3.8, 4) is 17.1 Å². The first-order valence-corrected chi connectivity index (χ1v) is 8.33. The number of pyridine rings is 1. The highest BCUT2D eigenvalue weighted by Gasteiger charge is 2.13. The summed E-state index contributed by atoms with van der Waals surface area (Å²) >= 11 is 1.21. The second-order valence-corrected chi connectivity index (χ2v) is 5.92. The lowest BCUT2D eigenvalue weighted by Gasteiger charge is -2.06. The van der Waals surface area contributed by atoms with Crippen molar-refractivity contribution in [1.82, 2.24) is 19.9 Å². The molecule has 1 aromatic carbocycles. The first-order valence-electron chi connectivity index (χ1n) is 7.35. The van der Waals surface area contributed by atoms with E-state index >= 15 is 0 Å². The smallest absolute Gasteiger partial charge is 0.234 e. The van der Waals surface area contributed by atoms with E-state index in [0.29, 0.717) is 16.7 Å². The van der Waals surface area contributed by atoms with Crippen LogP contribution in [0.1, 0.15) is 0 Å². The summed E-state index contributed by atoms with van der Waals surface area (Å²) < 4.78 is 6.44. The number of nitrogen functional groups attached to an aromatic ring is 1. The van der Waals surface area contributed by atoms with Crippen LogP contribution in [0.25, 0.3) is 11.4 Å². The van der Waals surface area contributed by atoms with Crippen molar-refractivity contribution in [2.75, 3.05) is 24.0 Å². The van der Waals surface area contributed by atoms with Crippen LogP contribution in [-0.4, -0.2) is 38.6 Å². The lowest BCUT2D eigenvalue weighted by molar-refractivity contribution is -0.113. The van der Waals surface area contributed by atoms with Gasteiger partial charge in [0.2, 0.25) is 11.1 Å². The molecule has 0 unspecified atom stereocenters. The van der Waals surface area contributed by atoms with Crippen LogP contribution < -0.4 is 15.9 Å². The normalized spacial score (nSPS) is 10.4. The summed E-state index contributed by atoms with van der Waals surface area (Å²) in [5.74, 6) is 7.26. The molecule has 128 valence electrons. The molecule has 3 aromatic rings. The number of thioether (sulfide) groups is 1. The van der Waals surface area contributed by atoms with E-state index in [9.17, 15) is 4.79 Å². The molecule has 2 aromatic heterocycles. The van der Waals surface area contributed by atoms with Crippen molar-refractivity contribution in [1.29, 1.82) is 0 Å². The quantitative estimate of drug-likeness (QED) is 0.512. The van der Waals surface area contributed by atoms with Gasteiger partial charge in [0.15, 0.2) is 5.82 Å². The molecule has 1 amide bonds. The van der Waals surface area contributed by atoms with Gasteiger partial charge in [0.05, 0.1) is 12.9 Å². The van der Waals surface area contributed by atoms with E-state index in [2.05, 4.69) is 20.5 Å². The summed E-state index contributed by atoms with van der Waals surface area (Å²) in [6, 6.07) is 10.7. The Morgan fingerprint density at radius 2 is 1.92 bits per heavy atom. The van der Waals surface area contributed by atoms with E-state index in [1.54, 1.807) is 55.9 Å². The Balaban J connectivity index is 1.60. The largest absolute Gasteiger partial charge is 0.497 e. The van der Waals surface area contributed by atoms with E-state index < -0.39 is 0 Å². The minimum atomic E-state index is -0.163. The average molecular weight is 356 g/mol. The Kier molecular flexibility index (Phi) is 5.14. The maximum atomic E-state index is 12.1. The van der Waals surface area contributed by atoms with Gasteiger partial charge in [-0.1, -0.05) is 11.8 Å². The molecule has 9 heteroatoms. The van der Waals surface area contributed by atoms with Crippen molar-refractivity contribution in [2.45, 2.75) is 5.16 Å². The summed E-state index contributed by atoms with van der Waals surface area (Å²) in [4.78, 5) is 16.0. The number of anilines is 1. The topological polar surface area (TPSA) is 108 Å². The number of ether oxygens (including phenoxy) is 1. The van der Waals surface area contributed by atoms with Crippen LogP contribution >= 0.6 is 11.8 Å². The number of rotatable bonds is 6. The second kappa shape index (κ2) is 7.67. The van der Waals surface area contributed by atoms with Crippen LogP contribution in [0.15, 0.2) is 53.9 Å². The third kappa shape index (κ3) is 4.07. The lowest BCUT2D eigenvalue weighted by atomic mass is 10.2. The molecule has 2 heterocycles. The molecule has 3 rings (SSSR count). The molecule has 0 saturated carbocycles. The van der Waals surface area contributed by atoms with Gasteiger partial charge in [-0.3, -0.25) is 9.78 Å². The van der Waals surface area contributed by atoms with Gasteiger partial charge < -0.3 is 15.9 Å². The van der Waals surface area contributed by atoms with Gasteiger partial charge in [0.1, 0.15) is 5.75 Å². The molecule has 0 saturated heterocycles. The van der Waals surface area contributed by atoms with Crippen molar-refractivity contribution in [2.24, 2.45) is 0 Å². The zero-order valence-corrected chi connectivity index (χ0v) is 14.2. The Morgan fingerprint density at radius 1 is 1.20 bits per heavy atom. The van der Waals surface area contributed by atoms with Crippen LogP contribution in [0, 0.1) is 0 Å². The lowest BCUT2D eigenvalue weighted by Crippen LogP contribution is -2.16. The summed E-state index contributed by atoms with van der Waals surface area (Å²) in [5, 5.41) is 11.3. The predicted molar refractivity (Wildman–Crippen MR) is 95.8 cm³/mol. The first-order chi connectivity index (χ1) is 12.2. The summed E-state index contributed by atoms with van der Waals surface area (Å²) in [6.45, 7) is 0. The summed E-state index contributed by atoms with van der Waals surface area (Å²) in [7, 11) is 1.59. The fourth-order valence-electron chi connectivity index (χ4n) is 2.07. The van der Waals surface area contributed by atoms with Crippen LogP contribution in [0.3, 0.4) is 0 Å². The van der Waals surface area contributed by atoms with Gasteiger partial charge in [-0.05, 0) is 36.4 Å². The summed E-state index contributed by atoms with van der Waals surface area (Å²) in [5.41, 5.74) is 1.50. The van der Waals surface area contributed by atoms with E-state index in [-0.39, 0.29) is 11.7 Å². The van der Waals surface area contributed by atoms with Gasteiger partial charge in [0.25, 0.3) is 0 Å². The van der Waals surface area contributed by atoms with Crippen molar-refractivity contribution in [3.05, 3.63) is 48.8 Å². The minimum absolute atomic E-state index is 0.163. The Morgan fingerprint density at radius 3 is 2.60 bits per heavy atom. The first kappa shape index (κ1) is 16.8. The van der Waals surface area contributed by atoms with Gasteiger partial charge >= 0.3 is 0 Å². The second-order valence-electron chi connectivity index (χ2n) is 4.98. The zero-order valence-electron chi connectivity index (χ0n) is 13.4. The molecule has 3 N–H and O–H groups in total. The summed E-state index contributed by atoms with van der Waals surface area (Å²) in [6.07, 6.45) is 3.30. The molecule has 25 heavy (non-hydrogen) atoms. The molecular formula is C16H16N6O2S. The fraction of sp³-hybridized carbons (Fsp3) is 0.125. The fourth-order valence-corrected chi connectivity index (χ4v) is 2.73. The number of carbonyl (C=O) groups excluding carboxylic acids is 1. The van der Waals surface area contributed by atoms with Crippen LogP contribution in [0.5, 0.6) is 5.75 Å². The Hall–Kier alpha value is -3.07. The number of hydrogen-bond acceptors (Lipinski definition) is 7. The number of amides is 1. The standard InChI is InChI=1S/C16H16N6O2S/c1-24-13-4-2-12(3-5-13)19-14(23)10-25-16-21-20-15(22(16)17)11-6-8-18-9-7-11/h2-9H,10,17H2,1H3,(H,19,23). The number of nitrogens with zero attached hydrogens (tertiary/aromatic N) is 4. The predicted octanol–water partition coefficient (Wildman–Crippen LogP) is 1.79. The number of methoxy groups -OCH3 is 1. The van der Waals surface area contributed by atoms with Crippen molar-refractivity contribution < 1.29 is 9.53 Å². The average Bonchev–Trinajstić information content (AvgIpc) is 3.02. The number of aromatic nitrogens is 4. The number of carbonyl (C=O) groups is 1. The zero-order chi connectivity index (χ0) is 17.6. The molecule has 0 atom stereocenters. The number of benzene rings is 1. The van der Waals surface area contributed by atoms with Gasteiger partial charge in [-0.2, -0.15) is 0 Å².